The summed E-state index contributed by atoms with van der Waals surface area (Å²) >= 11 is 0. The van der Waals surface area contributed by atoms with Gasteiger partial charge >= 0.3 is 0 Å². The summed E-state index contributed by atoms with van der Waals surface area (Å²) in [5.41, 5.74) is 0. The predicted octanol–water partition coefficient (Wildman–Crippen LogP) is 3.39. The minimum absolute atomic E-state index is 0. The zero-order chi connectivity index (χ0) is 20.4. The van der Waals surface area contributed by atoms with Gasteiger partial charge in [0.1, 0.15) is 0 Å². The molecule has 1 aliphatic heterocycles. The number of hydrogen-bond acceptors (Lipinski definition) is 3. The number of carbonyl (C=O) groups excluding carboxylic acids is 1. The third kappa shape index (κ3) is 9.40. The number of nitrogens with one attached hydrogen (secondary N) is 2. The van der Waals surface area contributed by atoms with Gasteiger partial charge in [0.05, 0.1) is 0 Å². The van der Waals surface area contributed by atoms with Gasteiger partial charge in [-0.15, -0.1) is 24.0 Å². The average molecular weight is 523 g/mol. The number of carbonyl (C=O) groups is 1. The Morgan fingerprint density at radius 3 is 2.55 bits per heavy atom. The van der Waals surface area contributed by atoms with Crippen molar-refractivity contribution in [3.8, 4) is 0 Å². The first-order valence-electron chi connectivity index (χ1n) is 11.5. The van der Waals surface area contributed by atoms with Crippen LogP contribution >= 0.6 is 24.0 Å². The van der Waals surface area contributed by atoms with Crippen molar-refractivity contribution >= 4 is 35.8 Å². The predicted molar refractivity (Wildman–Crippen MR) is 131 cm³/mol. The van der Waals surface area contributed by atoms with Crippen molar-refractivity contribution < 1.29 is 9.90 Å². The number of aliphatic hydroxyl groups is 1. The molecule has 3 N–H and O–H groups in total. The van der Waals surface area contributed by atoms with Crippen molar-refractivity contribution in [2.75, 3.05) is 32.8 Å². The van der Waals surface area contributed by atoms with Gasteiger partial charge in [0.15, 0.2) is 5.96 Å². The molecule has 2 fully saturated rings. The quantitative estimate of drug-likeness (QED) is 0.247. The highest BCUT2D eigenvalue weighted by molar-refractivity contribution is 14.0. The lowest BCUT2D eigenvalue weighted by atomic mass is 9.88. The van der Waals surface area contributed by atoms with E-state index in [0.29, 0.717) is 17.7 Å². The first-order valence-corrected chi connectivity index (χ1v) is 11.5. The zero-order valence-electron chi connectivity index (χ0n) is 18.7. The third-order valence-electron chi connectivity index (χ3n) is 5.99. The first-order chi connectivity index (χ1) is 13.5. The molecular formula is C22H43IN4O2. The molecule has 2 unspecified atom stereocenters. The van der Waals surface area contributed by atoms with E-state index in [1.54, 1.807) is 0 Å². The van der Waals surface area contributed by atoms with E-state index in [1.165, 1.54) is 19.3 Å². The molecule has 2 aliphatic rings. The molecule has 0 aromatic carbocycles. The van der Waals surface area contributed by atoms with Gasteiger partial charge in [-0.1, -0.05) is 33.1 Å². The van der Waals surface area contributed by atoms with Crippen molar-refractivity contribution in [1.29, 1.82) is 0 Å². The average Bonchev–Trinajstić information content (AvgIpc) is 3.14. The Morgan fingerprint density at radius 2 is 1.93 bits per heavy atom. The monoisotopic (exact) mass is 522 g/mol. The third-order valence-corrected chi connectivity index (χ3v) is 5.99. The molecule has 170 valence electrons. The maximum absolute atomic E-state index is 12.8. The topological polar surface area (TPSA) is 77.0 Å². The van der Waals surface area contributed by atoms with E-state index in [-0.39, 0.29) is 42.5 Å². The molecule has 0 spiro atoms. The number of amides is 1. The second-order valence-corrected chi connectivity index (χ2v) is 8.98. The normalized spacial score (nSPS) is 21.8. The highest BCUT2D eigenvalue weighted by Gasteiger charge is 2.31. The van der Waals surface area contributed by atoms with E-state index in [2.05, 4.69) is 36.3 Å². The van der Waals surface area contributed by atoms with Crippen LogP contribution in [0.2, 0.25) is 0 Å². The van der Waals surface area contributed by atoms with Gasteiger partial charge in [-0.3, -0.25) is 9.79 Å². The molecule has 0 aromatic heterocycles. The highest BCUT2D eigenvalue weighted by atomic mass is 127. The Bertz CT molecular complexity index is 495. The van der Waals surface area contributed by atoms with E-state index >= 15 is 0 Å². The summed E-state index contributed by atoms with van der Waals surface area (Å²) in [6.07, 6.45) is 8.69. The molecule has 7 heteroatoms. The van der Waals surface area contributed by atoms with E-state index in [1.807, 2.05) is 0 Å². The Kier molecular flexibility index (Phi) is 13.2. The largest absolute Gasteiger partial charge is 0.396 e. The minimum atomic E-state index is 0. The lowest BCUT2D eigenvalue weighted by Gasteiger charge is -2.26. The van der Waals surface area contributed by atoms with Crippen LogP contribution in [0.5, 0.6) is 0 Å². The van der Waals surface area contributed by atoms with Gasteiger partial charge in [0, 0.05) is 44.7 Å². The first kappa shape index (κ1) is 26.5. The maximum Gasteiger partial charge on any atom is 0.225 e. The summed E-state index contributed by atoms with van der Waals surface area (Å²) in [7, 11) is 0. The van der Waals surface area contributed by atoms with Gasteiger partial charge in [-0.05, 0) is 50.9 Å². The van der Waals surface area contributed by atoms with E-state index in [4.69, 9.17) is 4.99 Å². The summed E-state index contributed by atoms with van der Waals surface area (Å²) < 4.78 is 0. The van der Waals surface area contributed by atoms with Crippen LogP contribution in [0.3, 0.4) is 0 Å². The SMILES string of the molecule is CCNC(=NCC(CCO)CC(C)C)NC1CCN(C(=O)C2CCCCC2)C1.I. The molecule has 0 aromatic rings. The number of hydrogen-bond donors (Lipinski definition) is 3. The van der Waals surface area contributed by atoms with Crippen molar-refractivity contribution in [3.05, 3.63) is 0 Å². The number of aliphatic hydroxyl groups excluding tert-OH is 1. The fourth-order valence-electron chi connectivity index (χ4n) is 4.55. The Balaban J connectivity index is 0.00000420. The molecule has 0 bridgehead atoms. The number of nitrogens with zero attached hydrogens (tertiary/aromatic N) is 2. The van der Waals surface area contributed by atoms with Crippen LogP contribution in [-0.2, 0) is 4.79 Å². The van der Waals surface area contributed by atoms with Crippen LogP contribution in [0.4, 0.5) is 0 Å². The van der Waals surface area contributed by atoms with Crippen LogP contribution in [-0.4, -0.2) is 60.7 Å². The highest BCUT2D eigenvalue weighted by Crippen LogP contribution is 2.26. The van der Waals surface area contributed by atoms with Crippen LogP contribution in [0.1, 0.15) is 72.1 Å². The number of likely N-dealkylation sites (tertiary alicyclic amines) is 1. The Labute approximate surface area is 194 Å². The second-order valence-electron chi connectivity index (χ2n) is 8.98. The van der Waals surface area contributed by atoms with Crippen LogP contribution in [0, 0.1) is 17.8 Å². The smallest absolute Gasteiger partial charge is 0.225 e. The maximum atomic E-state index is 12.8. The van der Waals surface area contributed by atoms with E-state index in [0.717, 1.165) is 64.2 Å². The number of rotatable bonds is 9. The molecular weight excluding hydrogens is 479 g/mol. The van der Waals surface area contributed by atoms with Crippen LogP contribution in [0.15, 0.2) is 4.99 Å². The van der Waals surface area contributed by atoms with Crippen molar-refractivity contribution in [3.63, 3.8) is 0 Å². The number of aliphatic imine (C=N–C) groups is 1. The summed E-state index contributed by atoms with van der Waals surface area (Å²) in [5, 5.41) is 16.2. The van der Waals surface area contributed by atoms with Gasteiger partial charge in [0.2, 0.25) is 5.91 Å². The molecule has 1 amide bonds. The minimum Gasteiger partial charge on any atom is -0.396 e. The molecule has 2 rings (SSSR count). The van der Waals surface area contributed by atoms with Gasteiger partial charge in [-0.2, -0.15) is 0 Å². The molecule has 1 saturated heterocycles. The summed E-state index contributed by atoms with van der Waals surface area (Å²) in [4.78, 5) is 19.6. The van der Waals surface area contributed by atoms with Gasteiger partial charge < -0.3 is 20.6 Å². The van der Waals surface area contributed by atoms with Crippen LogP contribution in [0.25, 0.3) is 0 Å². The number of halogens is 1. The molecule has 0 radical (unpaired) electrons. The van der Waals surface area contributed by atoms with E-state index in [9.17, 15) is 9.90 Å². The summed E-state index contributed by atoms with van der Waals surface area (Å²) in [5.74, 6) is 2.48. The number of guanidine groups is 1. The molecule has 1 aliphatic carbocycles. The van der Waals surface area contributed by atoms with Crippen molar-refractivity contribution in [2.24, 2.45) is 22.7 Å². The van der Waals surface area contributed by atoms with Crippen molar-refractivity contribution in [2.45, 2.75) is 78.2 Å². The molecule has 1 heterocycles. The lowest BCUT2D eigenvalue weighted by molar-refractivity contribution is -0.135. The zero-order valence-corrected chi connectivity index (χ0v) is 21.0. The lowest BCUT2D eigenvalue weighted by Crippen LogP contribution is -2.45. The van der Waals surface area contributed by atoms with Crippen LogP contribution < -0.4 is 10.6 Å². The Morgan fingerprint density at radius 1 is 1.21 bits per heavy atom. The van der Waals surface area contributed by atoms with Gasteiger partial charge in [-0.25, -0.2) is 0 Å². The fourth-order valence-corrected chi connectivity index (χ4v) is 4.55. The van der Waals surface area contributed by atoms with Gasteiger partial charge in [0.25, 0.3) is 0 Å². The van der Waals surface area contributed by atoms with E-state index < -0.39 is 0 Å². The molecule has 29 heavy (non-hydrogen) atoms. The second kappa shape index (κ2) is 14.4. The standard InChI is InChI=1S/C22H42N4O2.HI/c1-4-23-22(24-15-18(11-13-27)14-17(2)3)25-20-10-12-26(16-20)21(28)19-8-6-5-7-9-19;/h17-20,27H,4-16H2,1-3H3,(H2,23,24,25);1H. The molecule has 2 atom stereocenters. The Hall–Kier alpha value is -0.570. The fraction of sp³-hybridized carbons (Fsp3) is 0.909. The molecule has 6 nitrogen and oxygen atoms in total. The van der Waals surface area contributed by atoms with Crippen molar-refractivity contribution in [1.82, 2.24) is 15.5 Å². The summed E-state index contributed by atoms with van der Waals surface area (Å²) in [6, 6.07) is 0.270. The molecule has 1 saturated carbocycles. The summed E-state index contributed by atoms with van der Waals surface area (Å²) in [6.45, 7) is 9.91.